The molecule has 0 saturated carbocycles. The molecule has 1 atom stereocenters. The van der Waals surface area contributed by atoms with Crippen LogP contribution < -0.4 is 10.6 Å². The first-order valence-electron chi connectivity index (χ1n) is 6.90. The summed E-state index contributed by atoms with van der Waals surface area (Å²) in [5, 5.41) is 17.4. The zero-order valence-electron chi connectivity index (χ0n) is 12.2. The molecule has 2 rings (SSSR count). The smallest absolute Gasteiger partial charge is 0.319 e. The number of aliphatic hydroxyl groups excluding tert-OH is 1. The van der Waals surface area contributed by atoms with Gasteiger partial charge in [0.05, 0.1) is 6.10 Å². The van der Waals surface area contributed by atoms with Crippen molar-refractivity contribution in [3.63, 3.8) is 0 Å². The van der Waals surface area contributed by atoms with Crippen LogP contribution in [0.2, 0.25) is 0 Å². The van der Waals surface area contributed by atoms with Crippen LogP contribution in [-0.4, -0.2) is 17.7 Å². The Hall–Kier alpha value is -1.85. The Morgan fingerprint density at radius 2 is 2.10 bits per heavy atom. The van der Waals surface area contributed by atoms with Crippen LogP contribution in [0.4, 0.5) is 10.5 Å². The Bertz CT molecular complexity index is 596. The van der Waals surface area contributed by atoms with E-state index in [0.717, 1.165) is 16.1 Å². The third-order valence-electron chi connectivity index (χ3n) is 3.34. The molecular weight excluding hydrogens is 284 g/mol. The Morgan fingerprint density at radius 3 is 2.76 bits per heavy atom. The lowest BCUT2D eigenvalue weighted by atomic mass is 10.1. The van der Waals surface area contributed by atoms with Crippen LogP contribution in [0.1, 0.15) is 28.5 Å². The number of hydrogen-bond acceptors (Lipinski definition) is 3. The first kappa shape index (κ1) is 15.5. The molecule has 0 aliphatic heterocycles. The van der Waals surface area contributed by atoms with E-state index in [1.165, 1.54) is 16.9 Å². The number of rotatable bonds is 5. The maximum atomic E-state index is 11.8. The largest absolute Gasteiger partial charge is 0.388 e. The van der Waals surface area contributed by atoms with Crippen molar-refractivity contribution in [1.29, 1.82) is 0 Å². The second-order valence-corrected chi connectivity index (χ2v) is 5.98. The van der Waals surface area contributed by atoms with Gasteiger partial charge in [-0.2, -0.15) is 0 Å². The molecule has 0 spiro atoms. The van der Waals surface area contributed by atoms with E-state index in [1.807, 2.05) is 49.6 Å². The first-order valence-corrected chi connectivity index (χ1v) is 7.78. The van der Waals surface area contributed by atoms with Gasteiger partial charge >= 0.3 is 6.03 Å². The van der Waals surface area contributed by atoms with E-state index in [4.69, 9.17) is 0 Å². The number of benzene rings is 1. The molecule has 0 radical (unpaired) electrons. The lowest BCUT2D eigenvalue weighted by molar-refractivity contribution is 0.171. The van der Waals surface area contributed by atoms with Crippen molar-refractivity contribution in [3.8, 4) is 0 Å². The minimum atomic E-state index is -0.521. The Kier molecular flexibility index (Phi) is 5.36. The van der Waals surface area contributed by atoms with E-state index >= 15 is 0 Å². The van der Waals surface area contributed by atoms with Crippen LogP contribution in [0.15, 0.2) is 35.7 Å². The van der Waals surface area contributed by atoms with Gasteiger partial charge in [0.15, 0.2) is 0 Å². The van der Waals surface area contributed by atoms with Crippen molar-refractivity contribution in [2.24, 2.45) is 0 Å². The van der Waals surface area contributed by atoms with Gasteiger partial charge in [-0.1, -0.05) is 12.1 Å². The van der Waals surface area contributed by atoms with E-state index in [2.05, 4.69) is 10.6 Å². The second kappa shape index (κ2) is 7.24. The molecule has 2 amide bonds. The molecule has 0 saturated heterocycles. The quantitative estimate of drug-likeness (QED) is 0.790. The number of hydrogen-bond donors (Lipinski definition) is 3. The fourth-order valence-electron chi connectivity index (χ4n) is 1.94. The number of nitrogens with one attached hydrogen (secondary N) is 2. The van der Waals surface area contributed by atoms with Crippen LogP contribution in [0.5, 0.6) is 0 Å². The topological polar surface area (TPSA) is 61.4 Å². The summed E-state index contributed by atoms with van der Waals surface area (Å²) in [6, 6.07) is 9.34. The third kappa shape index (κ3) is 4.58. The third-order valence-corrected chi connectivity index (χ3v) is 4.31. The predicted octanol–water partition coefficient (Wildman–Crippen LogP) is 3.61. The molecular formula is C16H20N2O2S. The van der Waals surface area contributed by atoms with Gasteiger partial charge in [-0.25, -0.2) is 4.79 Å². The predicted molar refractivity (Wildman–Crippen MR) is 86.8 cm³/mol. The highest BCUT2D eigenvalue weighted by molar-refractivity contribution is 7.10. The molecule has 0 fully saturated rings. The van der Waals surface area contributed by atoms with E-state index in [9.17, 15) is 9.90 Å². The molecule has 5 heteroatoms. The van der Waals surface area contributed by atoms with Crippen molar-refractivity contribution < 1.29 is 9.90 Å². The highest BCUT2D eigenvalue weighted by Gasteiger charge is 2.09. The van der Waals surface area contributed by atoms with Crippen molar-refractivity contribution in [3.05, 3.63) is 51.7 Å². The molecule has 2 aromatic rings. The van der Waals surface area contributed by atoms with Crippen molar-refractivity contribution in [2.75, 3.05) is 11.9 Å². The molecule has 112 valence electrons. The number of aliphatic hydroxyl groups is 1. The summed E-state index contributed by atoms with van der Waals surface area (Å²) in [6.45, 7) is 4.47. The summed E-state index contributed by atoms with van der Waals surface area (Å²) < 4.78 is 0. The van der Waals surface area contributed by atoms with Gasteiger partial charge in [-0.05, 0) is 55.0 Å². The number of thiophene rings is 1. The number of carbonyl (C=O) groups excluding carboxylic acids is 1. The van der Waals surface area contributed by atoms with Gasteiger partial charge in [0.2, 0.25) is 0 Å². The molecule has 1 aromatic carbocycles. The van der Waals surface area contributed by atoms with Crippen LogP contribution in [0.25, 0.3) is 0 Å². The van der Waals surface area contributed by atoms with E-state index in [0.29, 0.717) is 13.0 Å². The summed E-state index contributed by atoms with van der Waals surface area (Å²) >= 11 is 1.52. The van der Waals surface area contributed by atoms with E-state index in [1.54, 1.807) is 0 Å². The minimum Gasteiger partial charge on any atom is -0.388 e. The van der Waals surface area contributed by atoms with Crippen LogP contribution in [0.3, 0.4) is 0 Å². The molecule has 1 heterocycles. The lowest BCUT2D eigenvalue weighted by Gasteiger charge is -2.11. The molecule has 1 unspecified atom stereocenters. The Balaban J connectivity index is 1.76. The number of carbonyl (C=O) groups is 1. The second-order valence-electron chi connectivity index (χ2n) is 5.00. The fraction of sp³-hybridized carbons (Fsp3) is 0.312. The lowest BCUT2D eigenvalue weighted by Crippen LogP contribution is -2.30. The monoisotopic (exact) mass is 304 g/mol. The molecule has 21 heavy (non-hydrogen) atoms. The van der Waals surface area contributed by atoms with Crippen LogP contribution >= 0.6 is 11.3 Å². The first-order chi connectivity index (χ1) is 10.1. The van der Waals surface area contributed by atoms with Gasteiger partial charge in [0.25, 0.3) is 0 Å². The van der Waals surface area contributed by atoms with E-state index in [-0.39, 0.29) is 6.03 Å². The molecule has 0 bridgehead atoms. The summed E-state index contributed by atoms with van der Waals surface area (Å²) in [6.07, 6.45) is -0.0205. The average Bonchev–Trinajstić information content (AvgIpc) is 2.97. The van der Waals surface area contributed by atoms with Crippen LogP contribution in [0, 0.1) is 13.8 Å². The molecule has 1 aromatic heterocycles. The summed E-state index contributed by atoms with van der Waals surface area (Å²) in [4.78, 5) is 12.7. The summed E-state index contributed by atoms with van der Waals surface area (Å²) in [7, 11) is 0. The van der Waals surface area contributed by atoms with Gasteiger partial charge in [0, 0.05) is 17.1 Å². The summed E-state index contributed by atoms with van der Waals surface area (Å²) in [5.41, 5.74) is 3.11. The van der Waals surface area contributed by atoms with Gasteiger partial charge in [-0.3, -0.25) is 0 Å². The number of aryl methyl sites for hydroxylation is 2. The SMILES string of the molecule is Cc1ccc(NC(=O)NCCC(O)c2cccs2)cc1C. The van der Waals surface area contributed by atoms with E-state index < -0.39 is 6.10 Å². The summed E-state index contributed by atoms with van der Waals surface area (Å²) in [5.74, 6) is 0. The van der Waals surface area contributed by atoms with Gasteiger partial charge < -0.3 is 15.7 Å². The Labute approximate surface area is 128 Å². The average molecular weight is 304 g/mol. The van der Waals surface area contributed by atoms with Gasteiger partial charge in [0.1, 0.15) is 0 Å². The highest BCUT2D eigenvalue weighted by atomic mass is 32.1. The minimum absolute atomic E-state index is 0.253. The maximum Gasteiger partial charge on any atom is 0.319 e. The normalized spacial score (nSPS) is 12.0. The molecule has 0 aliphatic rings. The fourth-order valence-corrected chi connectivity index (χ4v) is 2.69. The maximum absolute atomic E-state index is 11.8. The highest BCUT2D eigenvalue weighted by Crippen LogP contribution is 2.21. The Morgan fingerprint density at radius 1 is 1.29 bits per heavy atom. The molecule has 3 N–H and O–H groups in total. The van der Waals surface area contributed by atoms with Gasteiger partial charge in [-0.15, -0.1) is 11.3 Å². The van der Waals surface area contributed by atoms with Crippen molar-refractivity contribution in [2.45, 2.75) is 26.4 Å². The van der Waals surface area contributed by atoms with Crippen molar-refractivity contribution >= 4 is 23.1 Å². The standard InChI is InChI=1S/C16H20N2O2S/c1-11-5-6-13(10-12(11)2)18-16(20)17-8-7-14(19)15-4-3-9-21-15/h3-6,9-10,14,19H,7-8H2,1-2H3,(H2,17,18,20). The number of urea groups is 1. The number of anilines is 1. The zero-order valence-corrected chi connectivity index (χ0v) is 13.0. The zero-order chi connectivity index (χ0) is 15.2. The van der Waals surface area contributed by atoms with Crippen molar-refractivity contribution in [1.82, 2.24) is 5.32 Å². The molecule has 4 nitrogen and oxygen atoms in total. The number of amides is 2. The van der Waals surface area contributed by atoms with Crippen LogP contribution in [-0.2, 0) is 0 Å². The molecule has 0 aliphatic carbocycles.